The van der Waals surface area contributed by atoms with Crippen molar-refractivity contribution in [2.45, 2.75) is 62.2 Å². The Bertz CT molecular complexity index is 2890. The summed E-state index contributed by atoms with van der Waals surface area (Å²) in [7, 11) is -9.54. The van der Waals surface area contributed by atoms with E-state index >= 15 is 0 Å². The number of ether oxygens (including phenoxy) is 2. The summed E-state index contributed by atoms with van der Waals surface area (Å²) in [6.45, 7) is 3.89. The van der Waals surface area contributed by atoms with Gasteiger partial charge in [0.25, 0.3) is 22.7 Å². The number of rotatable bonds is 16. The molecular formula is C46H40N4O16S2. The first-order valence-electron chi connectivity index (χ1n) is 20.8. The van der Waals surface area contributed by atoms with Crippen molar-refractivity contribution in [2.75, 3.05) is 13.2 Å². The highest BCUT2D eigenvalue weighted by Gasteiger charge is 2.30. The van der Waals surface area contributed by atoms with Crippen molar-refractivity contribution in [2.24, 2.45) is 0 Å². The van der Waals surface area contributed by atoms with Gasteiger partial charge in [-0.2, -0.15) is 16.8 Å². The molecule has 0 heterocycles. The molecule has 0 N–H and O–H groups in total. The fourth-order valence-electron chi connectivity index (χ4n) is 7.64. The van der Waals surface area contributed by atoms with Crippen molar-refractivity contribution >= 4 is 43.0 Å². The molecule has 0 aliphatic heterocycles. The Balaban J connectivity index is 1.52. The fraction of sp³-hybridized carbons (Fsp3) is 0.217. The number of nitrogens with zero attached hydrogens (tertiary/aromatic N) is 4. The molecule has 1 aliphatic rings. The maximum absolute atomic E-state index is 14.1. The lowest BCUT2D eigenvalue weighted by molar-refractivity contribution is -0.385. The molecule has 6 aromatic carbocycles. The van der Waals surface area contributed by atoms with E-state index in [2.05, 4.69) is 0 Å². The van der Waals surface area contributed by atoms with Crippen LogP contribution in [-0.2, 0) is 45.9 Å². The largest absolute Gasteiger partial charge is 0.493 e. The van der Waals surface area contributed by atoms with Crippen LogP contribution in [0.3, 0.4) is 0 Å². The highest BCUT2D eigenvalue weighted by molar-refractivity contribution is 7.87. The van der Waals surface area contributed by atoms with Gasteiger partial charge < -0.3 is 17.8 Å². The summed E-state index contributed by atoms with van der Waals surface area (Å²) in [5, 5.41) is 48.0. The van der Waals surface area contributed by atoms with Crippen LogP contribution in [0.25, 0.3) is 0 Å². The molecule has 6 aromatic rings. The van der Waals surface area contributed by atoms with Crippen molar-refractivity contribution in [1.82, 2.24) is 0 Å². The van der Waals surface area contributed by atoms with Crippen LogP contribution in [0.15, 0.2) is 119 Å². The van der Waals surface area contributed by atoms with E-state index in [4.69, 9.17) is 17.8 Å². The Kier molecular flexibility index (Phi) is 14.0. The average Bonchev–Trinajstić information content (AvgIpc) is 3.29. The normalized spacial score (nSPS) is 12.4. The van der Waals surface area contributed by atoms with E-state index in [9.17, 15) is 57.3 Å². The number of fused-ring (bicyclic) bond motifs is 8. The first-order valence-corrected chi connectivity index (χ1v) is 23.7. The summed E-state index contributed by atoms with van der Waals surface area (Å²) in [6, 6.07) is 22.3. The van der Waals surface area contributed by atoms with Gasteiger partial charge in [0.15, 0.2) is 0 Å². The predicted octanol–water partition coefficient (Wildman–Crippen LogP) is 9.11. The highest BCUT2D eigenvalue weighted by Crippen LogP contribution is 2.42. The van der Waals surface area contributed by atoms with Gasteiger partial charge in [-0.25, -0.2) is 0 Å². The molecule has 7 rings (SSSR count). The summed E-state index contributed by atoms with van der Waals surface area (Å²) in [5.41, 5.74) is -0.0417. The van der Waals surface area contributed by atoms with Crippen LogP contribution >= 0.6 is 0 Å². The molecule has 0 saturated carbocycles. The van der Waals surface area contributed by atoms with Crippen molar-refractivity contribution in [3.05, 3.63) is 194 Å². The van der Waals surface area contributed by atoms with E-state index in [-0.39, 0.29) is 118 Å². The molecule has 0 saturated heterocycles. The van der Waals surface area contributed by atoms with Crippen molar-refractivity contribution < 1.29 is 54.4 Å². The van der Waals surface area contributed by atoms with E-state index in [0.29, 0.717) is 12.8 Å². The number of hydrogen-bond acceptors (Lipinski definition) is 16. The SMILES string of the molecule is CCCOc1c2cc([N+](=O)[O-])cc1Cc1cccc(c1OS(=O)(=O)c1ccc([N+](=O)[O-])cc1)Cc1cc([N+](=O)[O-])cc(c1OCCC)Cc1cccc(c1OS(=O)(=O)c1ccc([N+](=O)[O-])cc1)C2. The lowest BCUT2D eigenvalue weighted by Crippen LogP contribution is -2.15. The lowest BCUT2D eigenvalue weighted by atomic mass is 9.91. The third-order valence-corrected chi connectivity index (χ3v) is 13.2. The maximum Gasteiger partial charge on any atom is 0.339 e. The highest BCUT2D eigenvalue weighted by atomic mass is 32.2. The zero-order valence-corrected chi connectivity index (χ0v) is 37.8. The second kappa shape index (κ2) is 19.9. The minimum Gasteiger partial charge on any atom is -0.493 e. The Hall–Kier alpha value is -7.98. The summed E-state index contributed by atoms with van der Waals surface area (Å²) in [5.74, 6) is -0.159. The molecule has 0 aromatic heterocycles. The van der Waals surface area contributed by atoms with Crippen LogP contribution in [0.5, 0.6) is 23.0 Å². The summed E-state index contributed by atoms with van der Waals surface area (Å²) in [6.07, 6.45) is -0.0738. The number of non-ortho nitro benzene ring substituents is 4. The molecule has 68 heavy (non-hydrogen) atoms. The number of benzene rings is 6. The first-order chi connectivity index (χ1) is 32.4. The van der Waals surface area contributed by atoms with Gasteiger partial charge in [0, 0.05) is 119 Å². The second-order valence-corrected chi connectivity index (χ2v) is 18.6. The fourth-order valence-corrected chi connectivity index (χ4v) is 9.64. The van der Waals surface area contributed by atoms with Gasteiger partial charge in [0.2, 0.25) is 0 Å². The summed E-state index contributed by atoms with van der Waals surface area (Å²) < 4.78 is 80.9. The zero-order chi connectivity index (χ0) is 48.9. The predicted molar refractivity (Wildman–Crippen MR) is 244 cm³/mol. The first kappa shape index (κ1) is 48.0. The van der Waals surface area contributed by atoms with Crippen LogP contribution in [0.4, 0.5) is 22.7 Å². The van der Waals surface area contributed by atoms with E-state index in [1.807, 2.05) is 13.8 Å². The summed E-state index contributed by atoms with van der Waals surface area (Å²) in [4.78, 5) is 44.5. The molecule has 22 heteroatoms. The zero-order valence-electron chi connectivity index (χ0n) is 36.2. The van der Waals surface area contributed by atoms with Gasteiger partial charge >= 0.3 is 20.2 Å². The molecule has 0 unspecified atom stereocenters. The lowest BCUT2D eigenvalue weighted by Gasteiger charge is -2.22. The van der Waals surface area contributed by atoms with E-state index in [1.54, 1.807) is 12.1 Å². The van der Waals surface area contributed by atoms with Crippen LogP contribution in [0.1, 0.15) is 71.2 Å². The van der Waals surface area contributed by atoms with E-state index < -0.39 is 61.1 Å². The Morgan fingerprint density at radius 3 is 0.941 bits per heavy atom. The molecule has 1 aliphatic carbocycles. The third kappa shape index (κ3) is 10.5. The van der Waals surface area contributed by atoms with Crippen molar-refractivity contribution in [3.63, 3.8) is 0 Å². The topological polar surface area (TPSA) is 278 Å². The number of nitro groups is 4. The maximum atomic E-state index is 14.1. The molecule has 20 nitrogen and oxygen atoms in total. The van der Waals surface area contributed by atoms with Gasteiger partial charge in [-0.1, -0.05) is 50.2 Å². The minimum absolute atomic E-state index is 0.113. The van der Waals surface area contributed by atoms with Gasteiger partial charge in [-0.3, -0.25) is 40.5 Å². The quantitative estimate of drug-likeness (QED) is 0.0495. The van der Waals surface area contributed by atoms with Crippen LogP contribution in [0, 0.1) is 40.5 Å². The van der Waals surface area contributed by atoms with Crippen LogP contribution in [0.2, 0.25) is 0 Å². The molecule has 0 atom stereocenters. The van der Waals surface area contributed by atoms with Crippen molar-refractivity contribution in [1.29, 1.82) is 0 Å². The molecular weight excluding hydrogens is 929 g/mol. The summed E-state index contributed by atoms with van der Waals surface area (Å²) >= 11 is 0. The average molecular weight is 969 g/mol. The minimum atomic E-state index is -4.77. The van der Waals surface area contributed by atoms with Gasteiger partial charge in [0.05, 0.1) is 32.9 Å². The Morgan fingerprint density at radius 2 is 0.691 bits per heavy atom. The van der Waals surface area contributed by atoms with Crippen molar-refractivity contribution in [3.8, 4) is 23.0 Å². The number of hydrogen-bond donors (Lipinski definition) is 0. The van der Waals surface area contributed by atoms with E-state index in [0.717, 1.165) is 48.5 Å². The van der Waals surface area contributed by atoms with E-state index in [1.165, 1.54) is 48.5 Å². The standard InChI is InChI=1S/C46H40N4O16S2/c1-3-19-63-43-33-21-29-7-5-9-31(45(29)65-67(59,60)41-15-11-37(12-16-41)47(51)52)23-35-27-40(50(57)58)28-36(44(35)64-20-4-2)24-32-10-6-8-30(22-34(43)26-39(25-33)49(55)56)46(32)66-68(61,62)42-17-13-38(14-18-42)48(53)54/h5-18,25-28H,3-4,19-24H2,1-2H3. The molecule has 8 bridgehead atoms. The smallest absolute Gasteiger partial charge is 0.339 e. The molecule has 0 spiro atoms. The molecule has 0 fully saturated rings. The number of para-hydroxylation sites is 2. The van der Waals surface area contributed by atoms with Gasteiger partial charge in [-0.15, -0.1) is 0 Å². The molecule has 0 amide bonds. The Labute approximate surface area is 388 Å². The molecule has 0 radical (unpaired) electrons. The van der Waals surface area contributed by atoms with Gasteiger partial charge in [-0.05, 0) is 37.1 Å². The number of nitro benzene ring substituents is 4. The second-order valence-electron chi connectivity index (χ2n) is 15.5. The van der Waals surface area contributed by atoms with Crippen LogP contribution < -0.4 is 17.8 Å². The molecule has 352 valence electrons. The monoisotopic (exact) mass is 968 g/mol. The third-order valence-electron chi connectivity index (χ3n) is 10.7. The van der Waals surface area contributed by atoms with Crippen LogP contribution in [-0.4, -0.2) is 49.7 Å². The Morgan fingerprint density at radius 1 is 0.412 bits per heavy atom. The van der Waals surface area contributed by atoms with Gasteiger partial charge in [0.1, 0.15) is 32.8 Å².